The Kier molecular flexibility index (Phi) is 6.17. The molecule has 0 fully saturated rings. The van der Waals surface area contributed by atoms with Crippen molar-refractivity contribution in [2.45, 2.75) is 13.1 Å². The summed E-state index contributed by atoms with van der Waals surface area (Å²) in [7, 11) is 1.34. The average molecular weight is 402 g/mol. The van der Waals surface area contributed by atoms with Crippen molar-refractivity contribution >= 4 is 17.3 Å². The van der Waals surface area contributed by atoms with E-state index in [-0.39, 0.29) is 24.7 Å². The van der Waals surface area contributed by atoms with E-state index in [4.69, 9.17) is 10.5 Å². The molecule has 0 bridgehead atoms. The number of carbonyl (C=O) groups is 1. The first-order valence-electron chi connectivity index (χ1n) is 8.43. The number of thiophene rings is 1. The molecule has 0 unspecified atom stereocenters. The molecule has 0 atom stereocenters. The summed E-state index contributed by atoms with van der Waals surface area (Å²) in [6.45, 7) is 0.418. The minimum atomic E-state index is -0.379. The third-order valence-corrected chi connectivity index (χ3v) is 5.26. The third-order valence-electron chi connectivity index (χ3n) is 4.14. The highest BCUT2D eigenvalue weighted by atomic mass is 32.1. The summed E-state index contributed by atoms with van der Waals surface area (Å²) in [4.78, 5) is 25.9. The van der Waals surface area contributed by atoms with Gasteiger partial charge in [0.25, 0.3) is 0 Å². The van der Waals surface area contributed by atoms with Crippen molar-refractivity contribution in [3.05, 3.63) is 75.6 Å². The second-order valence-corrected chi connectivity index (χ2v) is 7.17. The van der Waals surface area contributed by atoms with Gasteiger partial charge in [-0.3, -0.25) is 4.57 Å². The van der Waals surface area contributed by atoms with E-state index >= 15 is 0 Å². The summed E-state index contributed by atoms with van der Waals surface area (Å²) in [5, 5.41) is 4.01. The van der Waals surface area contributed by atoms with Crippen molar-refractivity contribution in [3.8, 4) is 10.4 Å². The first-order chi connectivity index (χ1) is 13.5. The van der Waals surface area contributed by atoms with Crippen molar-refractivity contribution in [2.75, 3.05) is 13.7 Å². The van der Waals surface area contributed by atoms with E-state index in [0.717, 1.165) is 15.3 Å². The van der Waals surface area contributed by atoms with E-state index in [1.54, 1.807) is 12.1 Å². The van der Waals surface area contributed by atoms with Gasteiger partial charge in [0.1, 0.15) is 6.33 Å². The lowest BCUT2D eigenvalue weighted by molar-refractivity contribution is 0.0601. The number of hydrogen-bond donors (Lipinski definition) is 1. The van der Waals surface area contributed by atoms with Crippen LogP contribution < -0.4 is 11.4 Å². The summed E-state index contributed by atoms with van der Waals surface area (Å²) >= 11 is 1.54. The summed E-state index contributed by atoms with van der Waals surface area (Å²) in [6.07, 6.45) is 1.84. The van der Waals surface area contributed by atoms with E-state index < -0.39 is 0 Å². The van der Waals surface area contributed by atoms with Gasteiger partial charge in [-0.1, -0.05) is 12.1 Å². The number of benzene rings is 1. The monoisotopic (exact) mass is 402 g/mol. The van der Waals surface area contributed by atoms with Crippen LogP contribution in [0.25, 0.3) is 10.4 Å². The Morgan fingerprint density at radius 1 is 1.29 bits per heavy atom. The van der Waals surface area contributed by atoms with Crippen LogP contribution in [0.1, 0.15) is 15.2 Å². The lowest BCUT2D eigenvalue weighted by Gasteiger charge is -2.02. The van der Waals surface area contributed by atoms with Crippen LogP contribution in [0.15, 0.2) is 59.4 Å². The zero-order valence-electron chi connectivity index (χ0n) is 15.2. The van der Waals surface area contributed by atoms with Crippen LogP contribution in [0.3, 0.4) is 0 Å². The highest BCUT2D eigenvalue weighted by Crippen LogP contribution is 2.28. The molecule has 0 aliphatic rings. The molecule has 0 aliphatic carbocycles. The van der Waals surface area contributed by atoms with Gasteiger partial charge in [0.2, 0.25) is 0 Å². The first-order valence-corrected chi connectivity index (χ1v) is 9.25. The van der Waals surface area contributed by atoms with Gasteiger partial charge in [-0.25, -0.2) is 18.7 Å². The number of aromatic nitrogens is 3. The molecule has 0 aliphatic heterocycles. The lowest BCUT2D eigenvalue weighted by atomic mass is 10.1. The highest BCUT2D eigenvalue weighted by Gasteiger charge is 2.10. The van der Waals surface area contributed by atoms with E-state index in [0.29, 0.717) is 24.0 Å². The Balaban J connectivity index is 1.74. The number of ether oxygens (including phenoxy) is 1. The summed E-state index contributed by atoms with van der Waals surface area (Å²) < 4.78 is 20.0. The number of esters is 1. The minimum absolute atomic E-state index is 0.0266. The fourth-order valence-corrected chi connectivity index (χ4v) is 3.61. The van der Waals surface area contributed by atoms with E-state index in [1.807, 2.05) is 24.3 Å². The Hall–Kier alpha value is -3.04. The Bertz CT molecular complexity index is 1050. The molecule has 0 radical (unpaired) electrons. The number of halogens is 1. The van der Waals surface area contributed by atoms with Crippen LogP contribution in [0.5, 0.6) is 0 Å². The Morgan fingerprint density at radius 2 is 2.04 bits per heavy atom. The molecule has 146 valence electrons. The molecule has 9 heteroatoms. The molecule has 2 aromatic heterocycles. The minimum Gasteiger partial charge on any atom is -0.465 e. The van der Waals surface area contributed by atoms with Crippen molar-refractivity contribution < 1.29 is 13.9 Å². The van der Waals surface area contributed by atoms with Crippen molar-refractivity contribution in [1.82, 2.24) is 14.3 Å². The first kappa shape index (κ1) is 19.7. The Labute approximate surface area is 164 Å². The molecule has 1 aromatic carbocycles. The van der Waals surface area contributed by atoms with Crippen LogP contribution in [0, 0.1) is 0 Å². The van der Waals surface area contributed by atoms with Gasteiger partial charge in [0.15, 0.2) is 0 Å². The average Bonchev–Trinajstić information content (AvgIpc) is 3.33. The van der Waals surface area contributed by atoms with Crippen LogP contribution in [-0.4, -0.2) is 34.0 Å². The zero-order chi connectivity index (χ0) is 20.1. The molecule has 2 N–H and O–H groups in total. The number of nitrogens with zero attached hydrogens (tertiary/aromatic N) is 3. The SMILES string of the molecule is COC(=O)c1ccc(-c2ccc(Cn3cnn(CC(=CF)CN)c3=O)s2)cc1. The molecule has 2 heterocycles. The number of nitrogens with two attached hydrogens (primary N) is 1. The molecule has 0 saturated heterocycles. The van der Waals surface area contributed by atoms with Crippen LogP contribution in [0.2, 0.25) is 0 Å². The maximum Gasteiger partial charge on any atom is 0.346 e. The van der Waals surface area contributed by atoms with E-state index in [1.165, 1.54) is 34.0 Å². The van der Waals surface area contributed by atoms with Gasteiger partial charge in [-0.15, -0.1) is 11.3 Å². The van der Waals surface area contributed by atoms with E-state index in [9.17, 15) is 14.0 Å². The molecule has 0 spiro atoms. The fraction of sp³-hybridized carbons (Fsp3) is 0.211. The van der Waals surface area contributed by atoms with Gasteiger partial charge in [0.05, 0.1) is 32.1 Å². The van der Waals surface area contributed by atoms with Gasteiger partial charge in [-0.2, -0.15) is 5.10 Å². The molecule has 7 nitrogen and oxygen atoms in total. The standard InChI is InChI=1S/C19H19FN4O3S/c1-27-18(25)15-4-2-14(3-5-15)17-7-6-16(28-17)11-23-12-22-24(19(23)26)10-13(8-20)9-21/h2-8,12H,9-11,21H2,1H3. The zero-order valence-corrected chi connectivity index (χ0v) is 16.0. The maximum absolute atomic E-state index is 12.7. The molecule has 28 heavy (non-hydrogen) atoms. The Morgan fingerprint density at radius 3 is 2.68 bits per heavy atom. The smallest absolute Gasteiger partial charge is 0.346 e. The second kappa shape index (κ2) is 8.77. The van der Waals surface area contributed by atoms with Crippen LogP contribution >= 0.6 is 11.3 Å². The van der Waals surface area contributed by atoms with Gasteiger partial charge in [-0.05, 0) is 35.4 Å². The summed E-state index contributed by atoms with van der Waals surface area (Å²) in [6, 6.07) is 11.0. The van der Waals surface area contributed by atoms with Crippen LogP contribution in [0.4, 0.5) is 4.39 Å². The molecule has 0 saturated carbocycles. The number of carbonyl (C=O) groups excluding carboxylic acids is 1. The predicted molar refractivity (Wildman–Crippen MR) is 105 cm³/mol. The number of methoxy groups -OCH3 is 1. The molecule has 0 amide bonds. The van der Waals surface area contributed by atoms with Crippen LogP contribution in [-0.2, 0) is 17.8 Å². The molecular formula is C19H19FN4O3S. The summed E-state index contributed by atoms with van der Waals surface area (Å²) in [5.41, 5.74) is 6.84. The van der Waals surface area contributed by atoms with Crippen molar-refractivity contribution in [1.29, 1.82) is 0 Å². The number of rotatable bonds is 7. The topological polar surface area (TPSA) is 92.1 Å². The van der Waals surface area contributed by atoms with Crippen molar-refractivity contribution in [2.24, 2.45) is 5.73 Å². The molecule has 3 aromatic rings. The van der Waals surface area contributed by atoms with Crippen molar-refractivity contribution in [3.63, 3.8) is 0 Å². The largest absolute Gasteiger partial charge is 0.465 e. The van der Waals surface area contributed by atoms with E-state index in [2.05, 4.69) is 5.10 Å². The maximum atomic E-state index is 12.7. The van der Waals surface area contributed by atoms with Gasteiger partial charge < -0.3 is 10.5 Å². The quantitative estimate of drug-likeness (QED) is 0.613. The normalized spacial score (nSPS) is 11.6. The molecular weight excluding hydrogens is 383 g/mol. The second-order valence-electron chi connectivity index (χ2n) is 6.01. The van der Waals surface area contributed by atoms with Gasteiger partial charge in [0, 0.05) is 16.3 Å². The number of hydrogen-bond acceptors (Lipinski definition) is 6. The third kappa shape index (κ3) is 4.26. The highest BCUT2D eigenvalue weighted by molar-refractivity contribution is 7.15. The fourth-order valence-electron chi connectivity index (χ4n) is 2.60. The predicted octanol–water partition coefficient (Wildman–Crippen LogP) is 2.42. The lowest BCUT2D eigenvalue weighted by Crippen LogP contribution is -2.26. The van der Waals surface area contributed by atoms with Gasteiger partial charge >= 0.3 is 11.7 Å². The summed E-state index contributed by atoms with van der Waals surface area (Å²) in [5.74, 6) is -0.379. The molecule has 3 rings (SSSR count).